The van der Waals surface area contributed by atoms with E-state index >= 15 is 0 Å². The molecule has 16 heavy (non-hydrogen) atoms. The van der Waals surface area contributed by atoms with Crippen LogP contribution in [0.15, 0.2) is 0 Å². The van der Waals surface area contributed by atoms with Crippen LogP contribution in [0, 0.1) is 11.8 Å². The lowest BCUT2D eigenvalue weighted by Crippen LogP contribution is -2.38. The van der Waals surface area contributed by atoms with Gasteiger partial charge in [0.2, 0.25) is 0 Å². The monoisotopic (exact) mass is 228 g/mol. The van der Waals surface area contributed by atoms with E-state index in [1.807, 2.05) is 0 Å². The molecule has 2 rings (SSSR count). The molecule has 1 aliphatic carbocycles. The zero-order valence-electron chi connectivity index (χ0n) is 9.98. The third-order valence-corrected chi connectivity index (χ3v) is 4.02. The van der Waals surface area contributed by atoms with E-state index in [0.29, 0.717) is 18.6 Å². The van der Waals surface area contributed by atoms with Crippen LogP contribution in [0.4, 0.5) is 0 Å². The third kappa shape index (κ3) is 2.94. The second-order valence-electron chi connectivity index (χ2n) is 5.11. The standard InChI is InChI=1S/C12H24N2O2/c13-12-3-1-2-10-8-14(9-11(10)12)4-6-16-7-5-15/h10-12,15H,1-9,13H2. The summed E-state index contributed by atoms with van der Waals surface area (Å²) >= 11 is 0. The van der Waals surface area contributed by atoms with Gasteiger partial charge in [-0.05, 0) is 24.7 Å². The average Bonchev–Trinajstić information content (AvgIpc) is 2.69. The Morgan fingerprint density at radius 2 is 2.12 bits per heavy atom. The number of nitrogens with two attached hydrogens (primary N) is 1. The molecule has 0 bridgehead atoms. The van der Waals surface area contributed by atoms with E-state index in [4.69, 9.17) is 15.6 Å². The summed E-state index contributed by atoms with van der Waals surface area (Å²) in [5.74, 6) is 1.54. The number of aliphatic hydroxyl groups excluding tert-OH is 1. The summed E-state index contributed by atoms with van der Waals surface area (Å²) in [6.45, 7) is 4.64. The van der Waals surface area contributed by atoms with Gasteiger partial charge in [-0.3, -0.25) is 0 Å². The van der Waals surface area contributed by atoms with Crippen LogP contribution in [0.1, 0.15) is 19.3 Å². The van der Waals surface area contributed by atoms with Crippen LogP contribution in [0.3, 0.4) is 0 Å². The Morgan fingerprint density at radius 3 is 2.88 bits per heavy atom. The molecule has 2 aliphatic rings. The Morgan fingerprint density at radius 1 is 1.25 bits per heavy atom. The molecule has 0 aromatic heterocycles. The maximum absolute atomic E-state index is 8.61. The number of aliphatic hydroxyl groups is 1. The Hall–Kier alpha value is -0.160. The van der Waals surface area contributed by atoms with Crippen molar-refractivity contribution in [3.8, 4) is 0 Å². The van der Waals surface area contributed by atoms with Crippen LogP contribution >= 0.6 is 0 Å². The largest absolute Gasteiger partial charge is 0.394 e. The Kier molecular flexibility index (Phi) is 4.58. The quantitative estimate of drug-likeness (QED) is 0.653. The number of ether oxygens (including phenoxy) is 1. The predicted octanol–water partition coefficient (Wildman–Crippen LogP) is 0.0545. The molecule has 3 unspecified atom stereocenters. The van der Waals surface area contributed by atoms with Crippen molar-refractivity contribution in [1.82, 2.24) is 4.90 Å². The molecule has 0 radical (unpaired) electrons. The second kappa shape index (κ2) is 5.96. The highest BCUT2D eigenvalue weighted by atomic mass is 16.5. The van der Waals surface area contributed by atoms with Gasteiger partial charge in [0.05, 0.1) is 19.8 Å². The first-order valence-electron chi connectivity index (χ1n) is 6.48. The van der Waals surface area contributed by atoms with Crippen molar-refractivity contribution < 1.29 is 9.84 Å². The smallest absolute Gasteiger partial charge is 0.0698 e. The highest BCUT2D eigenvalue weighted by molar-refractivity contribution is 4.92. The van der Waals surface area contributed by atoms with Crippen LogP contribution in [-0.2, 0) is 4.74 Å². The van der Waals surface area contributed by atoms with Crippen molar-refractivity contribution in [3.63, 3.8) is 0 Å². The highest BCUT2D eigenvalue weighted by Gasteiger charge is 2.38. The first-order valence-corrected chi connectivity index (χ1v) is 6.48. The molecular formula is C12H24N2O2. The molecule has 4 nitrogen and oxygen atoms in total. The van der Waals surface area contributed by atoms with E-state index in [9.17, 15) is 0 Å². The maximum Gasteiger partial charge on any atom is 0.0698 e. The lowest BCUT2D eigenvalue weighted by atomic mass is 9.78. The normalized spacial score (nSPS) is 35.2. The van der Waals surface area contributed by atoms with E-state index in [-0.39, 0.29) is 6.61 Å². The van der Waals surface area contributed by atoms with Crippen LogP contribution in [0.2, 0.25) is 0 Å². The Bertz CT molecular complexity index is 213. The molecule has 94 valence electrons. The molecule has 1 heterocycles. The fourth-order valence-corrected chi connectivity index (χ4v) is 3.15. The van der Waals surface area contributed by atoms with Crippen molar-refractivity contribution >= 4 is 0 Å². The van der Waals surface area contributed by atoms with E-state index in [0.717, 1.165) is 25.6 Å². The number of rotatable bonds is 5. The molecule has 4 heteroatoms. The van der Waals surface area contributed by atoms with Crippen LogP contribution < -0.4 is 5.73 Å². The zero-order valence-corrected chi connectivity index (χ0v) is 9.98. The van der Waals surface area contributed by atoms with Gasteiger partial charge >= 0.3 is 0 Å². The van der Waals surface area contributed by atoms with Crippen LogP contribution in [-0.4, -0.2) is 55.5 Å². The molecule has 0 amide bonds. The third-order valence-electron chi connectivity index (χ3n) is 4.02. The van der Waals surface area contributed by atoms with Crippen molar-refractivity contribution in [2.75, 3.05) is 39.5 Å². The van der Waals surface area contributed by atoms with Gasteiger partial charge < -0.3 is 20.5 Å². The summed E-state index contributed by atoms with van der Waals surface area (Å²) in [4.78, 5) is 2.47. The zero-order chi connectivity index (χ0) is 11.4. The molecular weight excluding hydrogens is 204 g/mol. The molecule has 3 N–H and O–H groups in total. The summed E-state index contributed by atoms with van der Waals surface area (Å²) in [5.41, 5.74) is 6.17. The molecule has 1 saturated carbocycles. The van der Waals surface area contributed by atoms with Gasteiger partial charge in [0.1, 0.15) is 0 Å². The number of fused-ring (bicyclic) bond motifs is 1. The average molecular weight is 228 g/mol. The first-order chi connectivity index (χ1) is 7.81. The van der Waals surface area contributed by atoms with Crippen LogP contribution in [0.25, 0.3) is 0 Å². The van der Waals surface area contributed by atoms with E-state index in [1.165, 1.54) is 25.8 Å². The van der Waals surface area contributed by atoms with Gasteiger partial charge in [0.15, 0.2) is 0 Å². The second-order valence-corrected chi connectivity index (χ2v) is 5.11. The summed E-state index contributed by atoms with van der Waals surface area (Å²) in [6, 6.07) is 0.419. The van der Waals surface area contributed by atoms with Crippen molar-refractivity contribution in [3.05, 3.63) is 0 Å². The number of hydrogen-bond acceptors (Lipinski definition) is 4. The van der Waals surface area contributed by atoms with Gasteiger partial charge in [0.25, 0.3) is 0 Å². The Balaban J connectivity index is 1.70. The fourth-order valence-electron chi connectivity index (χ4n) is 3.15. The van der Waals surface area contributed by atoms with Crippen LogP contribution in [0.5, 0.6) is 0 Å². The maximum atomic E-state index is 8.61. The van der Waals surface area contributed by atoms with Gasteiger partial charge in [0, 0.05) is 25.7 Å². The molecule has 3 atom stereocenters. The molecule has 0 aromatic rings. The molecule has 0 spiro atoms. The lowest BCUT2D eigenvalue weighted by molar-refractivity contribution is 0.0770. The van der Waals surface area contributed by atoms with Gasteiger partial charge in [-0.1, -0.05) is 6.42 Å². The van der Waals surface area contributed by atoms with Gasteiger partial charge in [-0.2, -0.15) is 0 Å². The first kappa shape index (κ1) is 12.3. The van der Waals surface area contributed by atoms with Gasteiger partial charge in [-0.15, -0.1) is 0 Å². The highest BCUT2D eigenvalue weighted by Crippen LogP contribution is 2.35. The Labute approximate surface area is 97.7 Å². The lowest BCUT2D eigenvalue weighted by Gasteiger charge is -2.29. The minimum Gasteiger partial charge on any atom is -0.394 e. The summed E-state index contributed by atoms with van der Waals surface area (Å²) in [7, 11) is 0. The number of nitrogens with zero attached hydrogens (tertiary/aromatic N) is 1. The topological polar surface area (TPSA) is 58.7 Å². The van der Waals surface area contributed by atoms with Crippen molar-refractivity contribution in [1.29, 1.82) is 0 Å². The number of likely N-dealkylation sites (tertiary alicyclic amines) is 1. The molecule has 2 fully saturated rings. The van der Waals surface area contributed by atoms with E-state index < -0.39 is 0 Å². The van der Waals surface area contributed by atoms with E-state index in [2.05, 4.69) is 4.90 Å². The fraction of sp³-hybridized carbons (Fsp3) is 1.00. The summed E-state index contributed by atoms with van der Waals surface area (Å²) in [5, 5.41) is 8.61. The molecule has 1 saturated heterocycles. The SMILES string of the molecule is NC1CCCC2CN(CCOCCO)CC12. The predicted molar refractivity (Wildman–Crippen MR) is 63.2 cm³/mol. The van der Waals surface area contributed by atoms with Gasteiger partial charge in [-0.25, -0.2) is 0 Å². The minimum absolute atomic E-state index is 0.121. The number of hydrogen-bond donors (Lipinski definition) is 2. The minimum atomic E-state index is 0.121. The van der Waals surface area contributed by atoms with Crippen molar-refractivity contribution in [2.45, 2.75) is 25.3 Å². The van der Waals surface area contributed by atoms with E-state index in [1.54, 1.807) is 0 Å². The summed E-state index contributed by atoms with van der Waals surface area (Å²) < 4.78 is 5.30. The molecule has 0 aromatic carbocycles. The molecule has 1 aliphatic heterocycles. The van der Waals surface area contributed by atoms with Crippen molar-refractivity contribution in [2.24, 2.45) is 17.6 Å². The summed E-state index contributed by atoms with van der Waals surface area (Å²) in [6.07, 6.45) is 3.86.